The van der Waals surface area contributed by atoms with Crippen molar-refractivity contribution < 1.29 is 36.6 Å². The van der Waals surface area contributed by atoms with Gasteiger partial charge in [-0.1, -0.05) is 70.9 Å². The Hall–Kier alpha value is -1.04. The molecule has 0 aliphatic carbocycles. The number of hydrogen-bond acceptors (Lipinski definition) is 7. The summed E-state index contributed by atoms with van der Waals surface area (Å²) in [5.74, 6) is 0.191. The Morgan fingerprint density at radius 3 is 2.11 bits per heavy atom. The van der Waals surface area contributed by atoms with Crippen LogP contribution in [0.15, 0.2) is 12.2 Å². The van der Waals surface area contributed by atoms with Gasteiger partial charge in [0.15, 0.2) is 6.17 Å². The van der Waals surface area contributed by atoms with Crippen LogP contribution >= 0.6 is 0 Å². The van der Waals surface area contributed by atoms with E-state index in [9.17, 15) is 22.9 Å². The van der Waals surface area contributed by atoms with Crippen LogP contribution in [0.3, 0.4) is 0 Å². The number of amides is 1. The summed E-state index contributed by atoms with van der Waals surface area (Å²) < 4.78 is 31.9. The molecule has 0 aromatic carbocycles. The highest BCUT2D eigenvalue weighted by Gasteiger charge is 2.22. The summed E-state index contributed by atoms with van der Waals surface area (Å²) in [6.45, 7) is 4.34. The van der Waals surface area contributed by atoms with Gasteiger partial charge >= 0.3 is 0 Å². The maximum Gasteiger partial charge on any atom is 0.245 e. The highest BCUT2D eigenvalue weighted by Crippen LogP contribution is 2.11. The molecule has 0 fully saturated rings. The highest BCUT2D eigenvalue weighted by molar-refractivity contribution is 7.80. The number of nitrogens with zero attached hydrogens (tertiary/aromatic N) is 1. The standard InChI is InChI=1S/C24H48N2O2.CH4O5S/c1-6-8-9-16-19-22(27)20-17-14-12-10-11-13-15-18-21-24(28)25-23(7-2)26(3,4)5;1-5-6-7(2,3)4/h14,17,22-23,27H,6-13,15-16,18-21H2,1-5H3;1H3,(H,2,3,4)/b17-14-;/t22-,23?;/m1./s1. The third-order valence-electron chi connectivity index (χ3n) is 5.54. The normalized spacial score (nSPS) is 13.8. The van der Waals surface area contributed by atoms with Crippen LogP contribution in [0.5, 0.6) is 0 Å². The van der Waals surface area contributed by atoms with Crippen LogP contribution in [-0.2, 0) is 24.4 Å². The van der Waals surface area contributed by atoms with Crippen molar-refractivity contribution in [2.75, 3.05) is 28.3 Å². The van der Waals surface area contributed by atoms with Crippen molar-refractivity contribution in [2.24, 2.45) is 0 Å². The minimum Gasteiger partial charge on any atom is -0.724 e. The van der Waals surface area contributed by atoms with Gasteiger partial charge in [-0.15, -0.1) is 4.33 Å². The molecular weight excluding hydrogens is 472 g/mol. The number of aliphatic hydroxyl groups excluding tert-OH is 1. The quantitative estimate of drug-likeness (QED) is 0.0349. The molecule has 0 saturated carbocycles. The number of nitrogens with one attached hydrogen (secondary N) is 1. The fourth-order valence-corrected chi connectivity index (χ4v) is 3.73. The fraction of sp³-hybridized carbons (Fsp3) is 0.880. The zero-order valence-electron chi connectivity index (χ0n) is 23.0. The second kappa shape index (κ2) is 22.2. The number of carbonyl (C=O) groups is 1. The Balaban J connectivity index is 0. The summed E-state index contributed by atoms with van der Waals surface area (Å²) in [6, 6.07) is 0. The van der Waals surface area contributed by atoms with E-state index >= 15 is 0 Å². The average molecular weight is 525 g/mol. The fourth-order valence-electron chi connectivity index (χ4n) is 3.56. The van der Waals surface area contributed by atoms with Crippen LogP contribution in [0.25, 0.3) is 0 Å². The van der Waals surface area contributed by atoms with Gasteiger partial charge in [0.2, 0.25) is 16.3 Å². The molecule has 0 saturated heterocycles. The van der Waals surface area contributed by atoms with E-state index in [1.54, 1.807) is 0 Å². The van der Waals surface area contributed by atoms with E-state index in [4.69, 9.17) is 0 Å². The van der Waals surface area contributed by atoms with E-state index in [1.807, 2.05) is 0 Å². The van der Waals surface area contributed by atoms with Gasteiger partial charge in [0, 0.05) is 12.8 Å². The molecule has 35 heavy (non-hydrogen) atoms. The molecule has 0 bridgehead atoms. The Morgan fingerprint density at radius 1 is 1.00 bits per heavy atom. The van der Waals surface area contributed by atoms with Crippen molar-refractivity contribution in [3.8, 4) is 0 Å². The first kappa shape index (κ1) is 36.1. The molecule has 0 spiro atoms. The smallest absolute Gasteiger partial charge is 0.245 e. The van der Waals surface area contributed by atoms with Crippen LogP contribution in [0.2, 0.25) is 0 Å². The number of rotatable bonds is 20. The molecule has 0 rings (SSSR count). The summed E-state index contributed by atoms with van der Waals surface area (Å²) in [5.41, 5.74) is 0. The van der Waals surface area contributed by atoms with Crippen LogP contribution in [0, 0.1) is 0 Å². The van der Waals surface area contributed by atoms with E-state index in [2.05, 4.69) is 61.7 Å². The van der Waals surface area contributed by atoms with E-state index in [1.165, 1.54) is 38.5 Å². The molecule has 1 unspecified atom stereocenters. The lowest BCUT2D eigenvalue weighted by Gasteiger charge is -2.33. The van der Waals surface area contributed by atoms with Crippen molar-refractivity contribution in [1.29, 1.82) is 0 Å². The van der Waals surface area contributed by atoms with Crippen molar-refractivity contribution in [3.05, 3.63) is 12.2 Å². The van der Waals surface area contributed by atoms with Gasteiger partial charge < -0.3 is 19.5 Å². The molecule has 210 valence electrons. The monoisotopic (exact) mass is 524 g/mol. The first-order valence-electron chi connectivity index (χ1n) is 13.0. The zero-order chi connectivity index (χ0) is 27.2. The number of unbranched alkanes of at least 4 members (excludes halogenated alkanes) is 8. The molecule has 2 N–H and O–H groups in total. The second-order valence-corrected chi connectivity index (χ2v) is 10.7. The lowest BCUT2D eigenvalue weighted by molar-refractivity contribution is -0.898. The van der Waals surface area contributed by atoms with Crippen molar-refractivity contribution >= 4 is 16.3 Å². The molecule has 0 aliphatic heterocycles. The molecule has 0 aromatic rings. The first-order chi connectivity index (χ1) is 16.4. The van der Waals surface area contributed by atoms with Crippen molar-refractivity contribution in [3.63, 3.8) is 0 Å². The third-order valence-corrected chi connectivity index (χ3v) is 5.84. The van der Waals surface area contributed by atoms with Gasteiger partial charge in [-0.25, -0.2) is 13.3 Å². The van der Waals surface area contributed by atoms with Crippen LogP contribution in [-0.4, -0.2) is 69.0 Å². The number of carbonyl (C=O) groups excluding carboxylic acids is 1. The molecule has 2 atom stereocenters. The summed E-state index contributed by atoms with van der Waals surface area (Å²) in [7, 11) is 2.65. The SMILES string of the molecule is CCCCCC[C@@H](O)C/C=C\CCCCCCCC(=O)NC(CC)[N+](C)(C)C.COOS(=O)(=O)[O-]. The lowest BCUT2D eigenvalue weighted by Crippen LogP contribution is -2.54. The Morgan fingerprint density at radius 2 is 1.60 bits per heavy atom. The maximum absolute atomic E-state index is 12.1. The van der Waals surface area contributed by atoms with Gasteiger partial charge in [0.25, 0.3) is 0 Å². The summed E-state index contributed by atoms with van der Waals surface area (Å²) in [6.07, 6.45) is 19.5. The highest BCUT2D eigenvalue weighted by atomic mass is 32.3. The second-order valence-electron chi connectivity index (χ2n) is 9.77. The van der Waals surface area contributed by atoms with Crippen molar-refractivity contribution in [1.82, 2.24) is 5.32 Å². The topological polar surface area (TPSA) is 125 Å². The molecule has 0 heterocycles. The molecule has 0 radical (unpaired) electrons. The van der Waals surface area contributed by atoms with Crippen LogP contribution in [0.1, 0.15) is 104 Å². The lowest BCUT2D eigenvalue weighted by atomic mass is 10.1. The molecule has 9 nitrogen and oxygen atoms in total. The van der Waals surface area contributed by atoms with E-state index < -0.39 is 10.4 Å². The molecule has 10 heteroatoms. The predicted molar refractivity (Wildman–Crippen MR) is 139 cm³/mol. The van der Waals surface area contributed by atoms with E-state index in [0.29, 0.717) is 6.42 Å². The Kier molecular flexibility index (Phi) is 22.9. The molecule has 0 aromatic heterocycles. The number of hydrogen-bond donors (Lipinski definition) is 2. The van der Waals surface area contributed by atoms with Crippen LogP contribution in [0.4, 0.5) is 0 Å². The summed E-state index contributed by atoms with van der Waals surface area (Å²) >= 11 is 0. The minimum atomic E-state index is -4.65. The van der Waals surface area contributed by atoms with Crippen molar-refractivity contribution in [2.45, 2.75) is 116 Å². The largest absolute Gasteiger partial charge is 0.724 e. The third kappa shape index (κ3) is 27.4. The zero-order valence-corrected chi connectivity index (χ0v) is 23.8. The predicted octanol–water partition coefficient (Wildman–Crippen LogP) is 4.58. The van der Waals surface area contributed by atoms with Gasteiger partial charge in [0.05, 0.1) is 34.4 Å². The first-order valence-corrected chi connectivity index (χ1v) is 14.3. The molecular formula is C25H52N2O7S. The van der Waals surface area contributed by atoms with Crippen LogP contribution < -0.4 is 5.32 Å². The maximum atomic E-state index is 12.1. The number of aliphatic hydroxyl groups is 1. The van der Waals surface area contributed by atoms with Gasteiger partial charge in [-0.2, -0.15) is 0 Å². The molecule has 1 amide bonds. The van der Waals surface area contributed by atoms with E-state index in [0.717, 1.165) is 56.5 Å². The van der Waals surface area contributed by atoms with Gasteiger partial charge in [-0.05, 0) is 32.1 Å². The molecule has 0 aliphatic rings. The number of allylic oxidation sites excluding steroid dienone is 1. The Labute approximate surface area is 214 Å². The average Bonchev–Trinajstić information content (AvgIpc) is 2.75. The summed E-state index contributed by atoms with van der Waals surface area (Å²) in [4.78, 5) is 15.6. The minimum absolute atomic E-state index is 0.163. The Bertz CT molecular complexity index is 634. The van der Waals surface area contributed by atoms with Gasteiger partial charge in [0.1, 0.15) is 0 Å². The van der Waals surface area contributed by atoms with E-state index in [-0.39, 0.29) is 18.2 Å². The summed E-state index contributed by atoms with van der Waals surface area (Å²) in [5, 5.41) is 13.1. The van der Waals surface area contributed by atoms with Gasteiger partial charge in [-0.3, -0.25) is 4.79 Å². The number of quaternary nitrogens is 1.